The van der Waals surface area contributed by atoms with Crippen LogP contribution in [0, 0.1) is 0 Å². The van der Waals surface area contributed by atoms with E-state index in [0.717, 1.165) is 24.2 Å². The Bertz CT molecular complexity index is 596. The number of carbonyl (C=O) groups excluding carboxylic acids is 1. The van der Waals surface area contributed by atoms with Crippen LogP contribution in [0.4, 0.5) is 0 Å². The summed E-state index contributed by atoms with van der Waals surface area (Å²) in [5, 5.41) is 0. The molecule has 24 heavy (non-hydrogen) atoms. The van der Waals surface area contributed by atoms with Gasteiger partial charge in [0.1, 0.15) is 5.41 Å². The topological polar surface area (TPSA) is 46.3 Å². The lowest BCUT2D eigenvalue weighted by Gasteiger charge is -2.37. The average molecular weight is 324 g/mol. The number of nitrogens with zero attached hydrogens (tertiary/aromatic N) is 1. The number of benzene rings is 2. The van der Waals surface area contributed by atoms with Crippen LogP contribution in [0.2, 0.25) is 0 Å². The van der Waals surface area contributed by atoms with Gasteiger partial charge in [-0.2, -0.15) is 0 Å². The zero-order chi connectivity index (χ0) is 17.6. The van der Waals surface area contributed by atoms with Crippen molar-refractivity contribution < 1.29 is 4.79 Å². The van der Waals surface area contributed by atoms with Gasteiger partial charge in [-0.3, -0.25) is 4.79 Å². The van der Waals surface area contributed by atoms with Crippen molar-refractivity contribution in [2.45, 2.75) is 38.6 Å². The van der Waals surface area contributed by atoms with Crippen LogP contribution in [0.5, 0.6) is 0 Å². The molecule has 2 rings (SSSR count). The first-order valence-electron chi connectivity index (χ1n) is 8.71. The summed E-state index contributed by atoms with van der Waals surface area (Å²) in [6, 6.07) is 20.1. The average Bonchev–Trinajstić information content (AvgIpc) is 2.62. The van der Waals surface area contributed by atoms with E-state index in [4.69, 9.17) is 5.73 Å². The fourth-order valence-corrected chi connectivity index (χ4v) is 3.65. The second kappa shape index (κ2) is 8.11. The van der Waals surface area contributed by atoms with Gasteiger partial charge in [-0.25, -0.2) is 0 Å². The van der Waals surface area contributed by atoms with Gasteiger partial charge in [-0.05, 0) is 37.6 Å². The molecule has 0 saturated heterocycles. The first kappa shape index (κ1) is 18.2. The minimum atomic E-state index is -0.815. The van der Waals surface area contributed by atoms with E-state index in [-0.39, 0.29) is 11.9 Å². The lowest BCUT2D eigenvalue weighted by Crippen LogP contribution is -2.47. The van der Waals surface area contributed by atoms with Crippen molar-refractivity contribution in [3.05, 3.63) is 71.8 Å². The van der Waals surface area contributed by atoms with Crippen molar-refractivity contribution in [2.75, 3.05) is 13.1 Å². The van der Waals surface area contributed by atoms with E-state index in [1.54, 1.807) is 0 Å². The fraction of sp³-hybridized carbons (Fsp3) is 0.381. The Morgan fingerprint density at radius 2 is 1.38 bits per heavy atom. The van der Waals surface area contributed by atoms with E-state index in [2.05, 4.69) is 25.7 Å². The van der Waals surface area contributed by atoms with Gasteiger partial charge in [0.05, 0.1) is 0 Å². The number of nitrogens with two attached hydrogens (primary N) is 1. The Kier molecular flexibility index (Phi) is 6.16. The van der Waals surface area contributed by atoms with Crippen LogP contribution >= 0.6 is 0 Å². The van der Waals surface area contributed by atoms with Gasteiger partial charge in [-0.15, -0.1) is 0 Å². The van der Waals surface area contributed by atoms with Crippen molar-refractivity contribution >= 4 is 5.91 Å². The number of rotatable bonds is 8. The van der Waals surface area contributed by atoms with Crippen molar-refractivity contribution in [3.63, 3.8) is 0 Å². The molecular weight excluding hydrogens is 296 g/mol. The molecule has 0 aromatic heterocycles. The summed E-state index contributed by atoms with van der Waals surface area (Å²) in [4.78, 5) is 15.1. The minimum absolute atomic E-state index is 0.243. The molecule has 0 fully saturated rings. The molecule has 1 amide bonds. The maximum atomic E-state index is 12.8. The molecule has 1 atom stereocenters. The van der Waals surface area contributed by atoms with Crippen molar-refractivity contribution in [3.8, 4) is 0 Å². The Labute approximate surface area is 145 Å². The molecule has 3 nitrogen and oxygen atoms in total. The second-order valence-electron chi connectivity index (χ2n) is 6.28. The molecule has 2 aromatic carbocycles. The summed E-state index contributed by atoms with van der Waals surface area (Å²) in [5.41, 5.74) is 7.12. The van der Waals surface area contributed by atoms with E-state index < -0.39 is 5.41 Å². The van der Waals surface area contributed by atoms with Crippen LogP contribution in [0.3, 0.4) is 0 Å². The van der Waals surface area contributed by atoms with Crippen LogP contribution in [-0.4, -0.2) is 29.9 Å². The SMILES string of the molecule is CCN(CC)[C@H](C)CC(C(N)=O)(c1ccccc1)c1ccccc1. The maximum Gasteiger partial charge on any atom is 0.232 e. The van der Waals surface area contributed by atoms with Crippen LogP contribution < -0.4 is 5.73 Å². The van der Waals surface area contributed by atoms with Crippen LogP contribution in [0.15, 0.2) is 60.7 Å². The lowest BCUT2D eigenvalue weighted by atomic mass is 9.69. The van der Waals surface area contributed by atoms with Gasteiger partial charge >= 0.3 is 0 Å². The van der Waals surface area contributed by atoms with E-state index >= 15 is 0 Å². The van der Waals surface area contributed by atoms with Gasteiger partial charge in [0.15, 0.2) is 0 Å². The molecule has 3 heteroatoms. The molecule has 0 heterocycles. The molecule has 0 unspecified atom stereocenters. The summed E-state index contributed by atoms with van der Waals surface area (Å²) in [7, 11) is 0. The van der Waals surface area contributed by atoms with E-state index in [9.17, 15) is 4.79 Å². The molecule has 0 bridgehead atoms. The second-order valence-corrected chi connectivity index (χ2v) is 6.28. The molecule has 128 valence electrons. The van der Waals surface area contributed by atoms with Gasteiger partial charge in [0.25, 0.3) is 0 Å². The molecular formula is C21H28N2O. The molecule has 0 aliphatic rings. The summed E-state index contributed by atoms with van der Waals surface area (Å²) in [6.07, 6.45) is 0.665. The zero-order valence-electron chi connectivity index (χ0n) is 14.9. The third-order valence-electron chi connectivity index (χ3n) is 4.99. The van der Waals surface area contributed by atoms with Gasteiger partial charge in [0, 0.05) is 6.04 Å². The number of primary amides is 1. The molecule has 0 aliphatic heterocycles. The maximum absolute atomic E-state index is 12.8. The Morgan fingerprint density at radius 1 is 0.958 bits per heavy atom. The Balaban J connectivity index is 2.58. The third-order valence-corrected chi connectivity index (χ3v) is 4.99. The summed E-state index contributed by atoms with van der Waals surface area (Å²) < 4.78 is 0. The van der Waals surface area contributed by atoms with Crippen LogP contribution in [0.25, 0.3) is 0 Å². The Morgan fingerprint density at radius 3 is 1.71 bits per heavy atom. The predicted octanol–water partition coefficient (Wildman–Crippen LogP) is 3.58. The van der Waals surface area contributed by atoms with Gasteiger partial charge < -0.3 is 10.6 Å². The van der Waals surface area contributed by atoms with Crippen molar-refractivity contribution in [1.82, 2.24) is 4.90 Å². The zero-order valence-corrected chi connectivity index (χ0v) is 14.9. The van der Waals surface area contributed by atoms with E-state index in [1.807, 2.05) is 60.7 Å². The molecule has 0 spiro atoms. The highest BCUT2D eigenvalue weighted by molar-refractivity contribution is 5.90. The highest BCUT2D eigenvalue weighted by Crippen LogP contribution is 2.37. The third kappa shape index (κ3) is 3.51. The predicted molar refractivity (Wildman–Crippen MR) is 99.9 cm³/mol. The van der Waals surface area contributed by atoms with Crippen LogP contribution in [0.1, 0.15) is 38.3 Å². The quantitative estimate of drug-likeness (QED) is 0.807. The van der Waals surface area contributed by atoms with Crippen molar-refractivity contribution in [1.29, 1.82) is 0 Å². The van der Waals surface area contributed by atoms with Gasteiger partial charge in [-0.1, -0.05) is 74.5 Å². The number of hydrogen-bond donors (Lipinski definition) is 1. The monoisotopic (exact) mass is 324 g/mol. The van der Waals surface area contributed by atoms with E-state index in [0.29, 0.717) is 6.42 Å². The number of carbonyl (C=O) groups is 1. The smallest absolute Gasteiger partial charge is 0.232 e. The largest absolute Gasteiger partial charge is 0.369 e. The van der Waals surface area contributed by atoms with Crippen molar-refractivity contribution in [2.24, 2.45) is 5.73 Å². The molecule has 0 aliphatic carbocycles. The first-order valence-corrected chi connectivity index (χ1v) is 8.71. The standard InChI is InChI=1S/C21H28N2O/c1-4-23(5-2)17(3)16-21(20(22)24,18-12-8-6-9-13-18)19-14-10-7-11-15-19/h6-15,17H,4-5,16H2,1-3H3,(H2,22,24)/t17-/m1/s1. The minimum Gasteiger partial charge on any atom is -0.369 e. The van der Waals surface area contributed by atoms with Crippen LogP contribution in [-0.2, 0) is 10.2 Å². The molecule has 2 aromatic rings. The summed E-state index contributed by atoms with van der Waals surface area (Å²) in [6.45, 7) is 8.39. The summed E-state index contributed by atoms with van der Waals surface area (Å²) >= 11 is 0. The summed E-state index contributed by atoms with van der Waals surface area (Å²) in [5.74, 6) is -0.293. The highest BCUT2D eigenvalue weighted by Gasteiger charge is 2.42. The number of amides is 1. The Hall–Kier alpha value is -2.13. The molecule has 0 radical (unpaired) electrons. The highest BCUT2D eigenvalue weighted by atomic mass is 16.1. The lowest BCUT2D eigenvalue weighted by molar-refractivity contribution is -0.122. The molecule has 2 N–H and O–H groups in total. The van der Waals surface area contributed by atoms with Gasteiger partial charge in [0.2, 0.25) is 5.91 Å². The van der Waals surface area contributed by atoms with E-state index in [1.165, 1.54) is 0 Å². The molecule has 0 saturated carbocycles. The fourth-order valence-electron chi connectivity index (χ4n) is 3.65. The number of hydrogen-bond acceptors (Lipinski definition) is 2. The first-order chi connectivity index (χ1) is 11.6. The normalized spacial score (nSPS) is 13.0.